The molecule has 1 aliphatic heterocycles. The molecule has 1 aliphatic rings. The van der Waals surface area contributed by atoms with Crippen molar-refractivity contribution in [2.45, 2.75) is 13.0 Å². The largest absolute Gasteiger partial charge is 0.503 e. The standard InChI is InChI=1S/C24H22N2O4/c1-15-6-10-18(11-7-15)26-21(16-8-12-17(13-9-16)25(2)3)20(23(28)24(26)29)22(27)19-5-4-14-30-19/h4-14,21,28H,1-3H3. The van der Waals surface area contributed by atoms with E-state index in [4.69, 9.17) is 4.42 Å². The number of aliphatic hydroxyl groups excluding tert-OH is 1. The third kappa shape index (κ3) is 3.26. The van der Waals surface area contributed by atoms with Crippen molar-refractivity contribution in [3.63, 3.8) is 0 Å². The Morgan fingerprint density at radius 3 is 2.27 bits per heavy atom. The molecule has 0 radical (unpaired) electrons. The van der Waals surface area contributed by atoms with Crippen LogP contribution in [0.3, 0.4) is 0 Å². The lowest BCUT2D eigenvalue weighted by Gasteiger charge is -2.27. The summed E-state index contributed by atoms with van der Waals surface area (Å²) in [6, 6.07) is 17.3. The molecule has 1 atom stereocenters. The summed E-state index contributed by atoms with van der Waals surface area (Å²) in [7, 11) is 3.87. The zero-order valence-corrected chi connectivity index (χ0v) is 17.0. The van der Waals surface area contributed by atoms with Crippen molar-refractivity contribution in [2.24, 2.45) is 0 Å². The van der Waals surface area contributed by atoms with Crippen LogP contribution >= 0.6 is 0 Å². The third-order valence-corrected chi connectivity index (χ3v) is 5.24. The van der Waals surface area contributed by atoms with Gasteiger partial charge in [0.05, 0.1) is 17.9 Å². The molecular formula is C24H22N2O4. The first kappa shape index (κ1) is 19.5. The topological polar surface area (TPSA) is 74.0 Å². The molecule has 0 fully saturated rings. The molecule has 30 heavy (non-hydrogen) atoms. The molecule has 1 unspecified atom stereocenters. The molecule has 6 heteroatoms. The van der Waals surface area contributed by atoms with Crippen LogP contribution in [0.15, 0.2) is 82.7 Å². The van der Waals surface area contributed by atoms with Crippen molar-refractivity contribution in [2.75, 3.05) is 23.9 Å². The minimum absolute atomic E-state index is 0.00753. The van der Waals surface area contributed by atoms with E-state index in [9.17, 15) is 14.7 Å². The van der Waals surface area contributed by atoms with Gasteiger partial charge in [0.1, 0.15) is 0 Å². The van der Waals surface area contributed by atoms with Crippen LogP contribution in [0.25, 0.3) is 0 Å². The fraction of sp³-hybridized carbons (Fsp3) is 0.167. The number of benzene rings is 2. The molecular weight excluding hydrogens is 380 g/mol. The molecule has 1 aromatic heterocycles. The highest BCUT2D eigenvalue weighted by atomic mass is 16.3. The van der Waals surface area contributed by atoms with Gasteiger partial charge in [0.2, 0.25) is 5.78 Å². The molecule has 0 spiro atoms. The van der Waals surface area contributed by atoms with Gasteiger partial charge in [-0.05, 0) is 48.9 Å². The number of hydrogen-bond donors (Lipinski definition) is 1. The zero-order valence-electron chi connectivity index (χ0n) is 17.0. The maximum atomic E-state index is 13.2. The number of Topliss-reactive ketones (excluding diaryl/α,β-unsaturated/α-hetero) is 1. The monoisotopic (exact) mass is 402 g/mol. The summed E-state index contributed by atoms with van der Waals surface area (Å²) in [5.41, 5.74) is 3.35. The number of hydrogen-bond acceptors (Lipinski definition) is 5. The number of ketones is 1. The van der Waals surface area contributed by atoms with E-state index in [0.717, 1.165) is 11.3 Å². The van der Waals surface area contributed by atoms with Crippen molar-refractivity contribution in [3.05, 3.63) is 95.1 Å². The lowest BCUT2D eigenvalue weighted by Crippen LogP contribution is -2.31. The summed E-state index contributed by atoms with van der Waals surface area (Å²) in [6.07, 6.45) is 1.39. The van der Waals surface area contributed by atoms with Crippen LogP contribution in [0.1, 0.15) is 27.7 Å². The van der Waals surface area contributed by atoms with Gasteiger partial charge in [-0.2, -0.15) is 0 Å². The van der Waals surface area contributed by atoms with Gasteiger partial charge in [0.15, 0.2) is 11.5 Å². The summed E-state index contributed by atoms with van der Waals surface area (Å²) in [6.45, 7) is 1.95. The Balaban J connectivity index is 1.85. The Labute approximate surface area is 174 Å². The predicted molar refractivity (Wildman–Crippen MR) is 115 cm³/mol. The number of furan rings is 1. The quantitative estimate of drug-likeness (QED) is 0.639. The molecule has 152 valence electrons. The van der Waals surface area contributed by atoms with Crippen molar-refractivity contribution in [1.82, 2.24) is 0 Å². The lowest BCUT2D eigenvalue weighted by molar-refractivity contribution is -0.117. The fourth-order valence-corrected chi connectivity index (χ4v) is 3.62. The predicted octanol–water partition coefficient (Wildman–Crippen LogP) is 4.44. The highest BCUT2D eigenvalue weighted by Crippen LogP contribution is 2.42. The van der Waals surface area contributed by atoms with Gasteiger partial charge in [-0.3, -0.25) is 14.5 Å². The zero-order chi connectivity index (χ0) is 21.4. The van der Waals surface area contributed by atoms with Crippen LogP contribution in [-0.4, -0.2) is 30.9 Å². The van der Waals surface area contributed by atoms with Gasteiger partial charge in [-0.1, -0.05) is 29.8 Å². The van der Waals surface area contributed by atoms with Gasteiger partial charge in [-0.25, -0.2) is 0 Å². The average Bonchev–Trinajstić information content (AvgIpc) is 3.36. The first-order valence-corrected chi connectivity index (χ1v) is 9.57. The number of aryl methyl sites for hydroxylation is 1. The SMILES string of the molecule is Cc1ccc(N2C(=O)C(O)=C(C(=O)c3ccco3)C2c2ccc(N(C)C)cc2)cc1. The number of rotatable bonds is 5. The number of carbonyl (C=O) groups excluding carboxylic acids is 2. The van der Waals surface area contributed by atoms with Gasteiger partial charge >= 0.3 is 0 Å². The summed E-state index contributed by atoms with van der Waals surface area (Å²) in [5, 5.41) is 10.7. The molecule has 2 heterocycles. The van der Waals surface area contributed by atoms with Crippen LogP contribution in [0.2, 0.25) is 0 Å². The van der Waals surface area contributed by atoms with Crippen LogP contribution in [0, 0.1) is 6.92 Å². The third-order valence-electron chi connectivity index (χ3n) is 5.24. The normalized spacial score (nSPS) is 16.3. The average molecular weight is 402 g/mol. The van der Waals surface area contributed by atoms with E-state index in [2.05, 4.69) is 0 Å². The molecule has 1 N–H and O–H groups in total. The van der Waals surface area contributed by atoms with Crippen molar-refractivity contribution in [1.29, 1.82) is 0 Å². The number of carbonyl (C=O) groups is 2. The second kappa shape index (κ2) is 7.55. The molecule has 3 aromatic rings. The molecule has 0 saturated carbocycles. The molecule has 0 aliphatic carbocycles. The van der Waals surface area contributed by atoms with Crippen molar-refractivity contribution in [3.8, 4) is 0 Å². The number of nitrogens with zero attached hydrogens (tertiary/aromatic N) is 2. The lowest BCUT2D eigenvalue weighted by atomic mass is 9.94. The van der Waals surface area contributed by atoms with Crippen molar-refractivity contribution >= 4 is 23.1 Å². The van der Waals surface area contributed by atoms with E-state index < -0.39 is 23.5 Å². The van der Waals surface area contributed by atoms with Crippen molar-refractivity contribution < 1.29 is 19.1 Å². The van der Waals surface area contributed by atoms with Crippen LogP contribution in [0.4, 0.5) is 11.4 Å². The maximum Gasteiger partial charge on any atom is 0.294 e. The Hall–Kier alpha value is -3.80. The number of anilines is 2. The molecule has 4 rings (SSSR count). The van der Waals surface area contributed by atoms with E-state index in [1.165, 1.54) is 17.2 Å². The second-order valence-corrected chi connectivity index (χ2v) is 7.47. The number of amides is 1. The van der Waals surface area contributed by atoms with Crippen LogP contribution < -0.4 is 9.80 Å². The summed E-state index contributed by atoms with van der Waals surface area (Å²) >= 11 is 0. The van der Waals surface area contributed by atoms with Crippen LogP contribution in [0.5, 0.6) is 0 Å². The van der Waals surface area contributed by atoms with Gasteiger partial charge in [-0.15, -0.1) is 0 Å². The van der Waals surface area contributed by atoms with Gasteiger partial charge < -0.3 is 14.4 Å². The number of aliphatic hydroxyl groups is 1. The summed E-state index contributed by atoms with van der Waals surface area (Å²) in [5.74, 6) is -1.61. The fourth-order valence-electron chi connectivity index (χ4n) is 3.62. The molecule has 0 bridgehead atoms. The molecule has 6 nitrogen and oxygen atoms in total. The molecule has 2 aromatic carbocycles. The Morgan fingerprint density at radius 1 is 1.03 bits per heavy atom. The minimum Gasteiger partial charge on any atom is -0.503 e. The maximum absolute atomic E-state index is 13.2. The van der Waals surface area contributed by atoms with Crippen LogP contribution in [-0.2, 0) is 4.79 Å². The smallest absolute Gasteiger partial charge is 0.294 e. The first-order chi connectivity index (χ1) is 14.4. The van der Waals surface area contributed by atoms with Gasteiger partial charge in [0, 0.05) is 25.5 Å². The Morgan fingerprint density at radius 2 is 1.70 bits per heavy atom. The molecule has 0 saturated heterocycles. The van der Waals surface area contributed by atoms with E-state index in [0.29, 0.717) is 11.3 Å². The summed E-state index contributed by atoms with van der Waals surface area (Å²) in [4.78, 5) is 29.6. The first-order valence-electron chi connectivity index (χ1n) is 9.57. The van der Waals surface area contributed by atoms with E-state index in [1.54, 1.807) is 6.07 Å². The highest BCUT2D eigenvalue weighted by molar-refractivity contribution is 6.20. The van der Waals surface area contributed by atoms with E-state index >= 15 is 0 Å². The van der Waals surface area contributed by atoms with E-state index in [-0.39, 0.29) is 11.3 Å². The minimum atomic E-state index is -0.769. The Kier molecular flexibility index (Phi) is 4.91. The highest BCUT2D eigenvalue weighted by Gasteiger charge is 2.45. The summed E-state index contributed by atoms with van der Waals surface area (Å²) < 4.78 is 5.25. The van der Waals surface area contributed by atoms with E-state index in [1.807, 2.05) is 74.4 Å². The van der Waals surface area contributed by atoms with Gasteiger partial charge in [0.25, 0.3) is 5.91 Å². The second-order valence-electron chi connectivity index (χ2n) is 7.47. The Bertz CT molecular complexity index is 1110. The molecule has 1 amide bonds.